The number of halogens is 3. The van der Waals surface area contributed by atoms with Crippen molar-refractivity contribution in [3.8, 4) is 0 Å². The Morgan fingerprint density at radius 3 is 2.47 bits per heavy atom. The summed E-state index contributed by atoms with van der Waals surface area (Å²) in [6.07, 6.45) is 1.26. The first-order chi connectivity index (χ1) is 7.00. The smallest absolute Gasteiger partial charge is 0.0627 e. The van der Waals surface area contributed by atoms with Crippen LogP contribution in [0.1, 0.15) is 29.8 Å². The van der Waals surface area contributed by atoms with Gasteiger partial charge in [0.1, 0.15) is 0 Å². The molecule has 0 radical (unpaired) electrons. The van der Waals surface area contributed by atoms with Gasteiger partial charge in [-0.1, -0.05) is 38.8 Å². The van der Waals surface area contributed by atoms with Crippen LogP contribution in [0, 0.1) is 18.8 Å². The second-order valence-electron chi connectivity index (χ2n) is 4.40. The largest absolute Gasteiger partial charge is 0.117 e. The molecule has 1 aliphatic carbocycles. The van der Waals surface area contributed by atoms with Crippen molar-refractivity contribution in [1.29, 1.82) is 0 Å². The van der Waals surface area contributed by atoms with E-state index in [1.165, 1.54) is 17.5 Å². The second kappa shape index (κ2) is 4.38. The van der Waals surface area contributed by atoms with Crippen LogP contribution in [0.2, 0.25) is 0 Å². The summed E-state index contributed by atoms with van der Waals surface area (Å²) in [6.45, 7) is 4.35. The van der Waals surface area contributed by atoms with Gasteiger partial charge in [-0.3, -0.25) is 0 Å². The van der Waals surface area contributed by atoms with Crippen LogP contribution in [0.15, 0.2) is 21.1 Å². The maximum absolute atomic E-state index is 6.48. The standard InChI is InChI=1S/C12H13Br2Cl/c1-6-3-8(6)12(15)9-5-10(13)7(2)4-11(9)14/h4-6,8,12H,3H2,1-2H3. The van der Waals surface area contributed by atoms with Crippen molar-refractivity contribution < 1.29 is 0 Å². The van der Waals surface area contributed by atoms with Gasteiger partial charge in [0.2, 0.25) is 0 Å². The van der Waals surface area contributed by atoms with Crippen molar-refractivity contribution in [2.45, 2.75) is 25.6 Å². The van der Waals surface area contributed by atoms with Crippen molar-refractivity contribution in [3.05, 3.63) is 32.2 Å². The number of alkyl halides is 1. The van der Waals surface area contributed by atoms with Gasteiger partial charge in [0.25, 0.3) is 0 Å². The number of aryl methyl sites for hydroxylation is 1. The van der Waals surface area contributed by atoms with Crippen molar-refractivity contribution in [1.82, 2.24) is 0 Å². The molecule has 15 heavy (non-hydrogen) atoms. The highest BCUT2D eigenvalue weighted by Gasteiger charge is 2.39. The van der Waals surface area contributed by atoms with Crippen LogP contribution in [0.4, 0.5) is 0 Å². The van der Waals surface area contributed by atoms with Crippen LogP contribution < -0.4 is 0 Å². The lowest BCUT2D eigenvalue weighted by Crippen LogP contribution is -1.96. The van der Waals surface area contributed by atoms with Crippen LogP contribution >= 0.6 is 43.5 Å². The molecule has 1 aliphatic rings. The minimum absolute atomic E-state index is 0.145. The summed E-state index contributed by atoms with van der Waals surface area (Å²) in [5.41, 5.74) is 2.45. The zero-order chi connectivity index (χ0) is 11.2. The highest BCUT2D eigenvalue weighted by Crippen LogP contribution is 2.51. The Morgan fingerprint density at radius 2 is 1.93 bits per heavy atom. The fraction of sp³-hybridized carbons (Fsp3) is 0.500. The Labute approximate surface area is 113 Å². The van der Waals surface area contributed by atoms with E-state index in [0.717, 1.165) is 14.9 Å². The van der Waals surface area contributed by atoms with Crippen LogP contribution in [0.5, 0.6) is 0 Å². The molecule has 3 atom stereocenters. The maximum Gasteiger partial charge on any atom is 0.0627 e. The normalized spacial score (nSPS) is 26.5. The number of benzene rings is 1. The molecule has 1 aromatic carbocycles. The molecule has 0 saturated heterocycles. The molecule has 1 aromatic rings. The van der Waals surface area contributed by atoms with Crippen LogP contribution in [0.25, 0.3) is 0 Å². The fourth-order valence-electron chi connectivity index (χ4n) is 1.86. The van der Waals surface area contributed by atoms with E-state index in [4.69, 9.17) is 11.6 Å². The van der Waals surface area contributed by atoms with Gasteiger partial charge in [-0.2, -0.15) is 0 Å². The van der Waals surface area contributed by atoms with Crippen LogP contribution in [-0.2, 0) is 0 Å². The third-order valence-electron chi connectivity index (χ3n) is 3.12. The fourth-order valence-corrected chi connectivity index (χ4v) is 3.59. The lowest BCUT2D eigenvalue weighted by atomic mass is 10.1. The minimum Gasteiger partial charge on any atom is -0.117 e. The summed E-state index contributed by atoms with van der Waals surface area (Å²) < 4.78 is 2.27. The third-order valence-corrected chi connectivity index (χ3v) is 5.22. The molecule has 82 valence electrons. The lowest BCUT2D eigenvalue weighted by molar-refractivity contribution is 0.719. The topological polar surface area (TPSA) is 0 Å². The van der Waals surface area contributed by atoms with Gasteiger partial charge in [0.15, 0.2) is 0 Å². The molecule has 0 N–H and O–H groups in total. The summed E-state index contributed by atoms with van der Waals surface area (Å²) >= 11 is 13.6. The zero-order valence-corrected chi connectivity index (χ0v) is 12.7. The summed E-state index contributed by atoms with van der Waals surface area (Å²) in [5.74, 6) is 1.43. The number of hydrogen-bond donors (Lipinski definition) is 0. The Morgan fingerprint density at radius 1 is 1.33 bits per heavy atom. The van der Waals surface area contributed by atoms with E-state index in [2.05, 4.69) is 57.8 Å². The molecule has 0 nitrogen and oxygen atoms in total. The van der Waals surface area contributed by atoms with E-state index in [-0.39, 0.29) is 5.38 Å². The van der Waals surface area contributed by atoms with Gasteiger partial charge < -0.3 is 0 Å². The van der Waals surface area contributed by atoms with Gasteiger partial charge in [-0.15, -0.1) is 11.6 Å². The van der Waals surface area contributed by atoms with Crippen molar-refractivity contribution in [2.24, 2.45) is 11.8 Å². The van der Waals surface area contributed by atoms with Gasteiger partial charge in [0.05, 0.1) is 5.38 Å². The van der Waals surface area contributed by atoms with Crippen molar-refractivity contribution >= 4 is 43.5 Å². The molecule has 0 aliphatic heterocycles. The highest BCUT2D eigenvalue weighted by molar-refractivity contribution is 9.11. The third kappa shape index (κ3) is 2.42. The first kappa shape index (κ1) is 11.9. The Bertz CT molecular complexity index is 389. The van der Waals surface area contributed by atoms with E-state index in [0.29, 0.717) is 5.92 Å². The summed E-state index contributed by atoms with van der Waals surface area (Å²) in [6, 6.07) is 4.27. The average Bonchev–Trinajstić information content (AvgIpc) is 2.88. The monoisotopic (exact) mass is 350 g/mol. The highest BCUT2D eigenvalue weighted by atomic mass is 79.9. The maximum atomic E-state index is 6.48. The van der Waals surface area contributed by atoms with E-state index in [1.54, 1.807) is 0 Å². The number of hydrogen-bond acceptors (Lipinski definition) is 0. The molecule has 0 heterocycles. The molecule has 0 amide bonds. The van der Waals surface area contributed by atoms with Crippen molar-refractivity contribution in [3.63, 3.8) is 0 Å². The second-order valence-corrected chi connectivity index (χ2v) is 6.58. The first-order valence-corrected chi connectivity index (χ1v) is 7.12. The Hall–Kier alpha value is 0.470. The summed E-state index contributed by atoms with van der Waals surface area (Å²) in [5, 5.41) is 0.145. The zero-order valence-electron chi connectivity index (χ0n) is 8.73. The van der Waals surface area contributed by atoms with Crippen LogP contribution in [0.3, 0.4) is 0 Å². The molecule has 0 bridgehead atoms. The Balaban J connectivity index is 2.31. The van der Waals surface area contributed by atoms with Gasteiger partial charge in [-0.25, -0.2) is 0 Å². The molecule has 1 saturated carbocycles. The van der Waals surface area contributed by atoms with E-state index >= 15 is 0 Å². The predicted molar refractivity (Wildman–Crippen MR) is 72.4 cm³/mol. The average molecular weight is 352 g/mol. The molecular formula is C12H13Br2Cl. The minimum atomic E-state index is 0.145. The summed E-state index contributed by atoms with van der Waals surface area (Å²) in [4.78, 5) is 0. The summed E-state index contributed by atoms with van der Waals surface area (Å²) in [7, 11) is 0. The first-order valence-electron chi connectivity index (χ1n) is 5.10. The quantitative estimate of drug-likeness (QED) is 0.620. The predicted octanol–water partition coefficient (Wildman–Crippen LogP) is 5.46. The Kier molecular flexibility index (Phi) is 3.49. The van der Waals surface area contributed by atoms with Crippen LogP contribution in [-0.4, -0.2) is 0 Å². The molecule has 1 fully saturated rings. The molecule has 2 rings (SSSR count). The SMILES string of the molecule is Cc1cc(Br)c(C(Cl)C2CC2C)cc1Br. The van der Waals surface area contributed by atoms with E-state index in [1.807, 2.05) is 0 Å². The molecule has 3 unspecified atom stereocenters. The molecular weight excluding hydrogens is 339 g/mol. The van der Waals surface area contributed by atoms with Gasteiger partial charge in [-0.05, 0) is 48.4 Å². The van der Waals surface area contributed by atoms with Gasteiger partial charge >= 0.3 is 0 Å². The van der Waals surface area contributed by atoms with E-state index < -0.39 is 0 Å². The molecule has 3 heteroatoms. The molecule has 0 aromatic heterocycles. The van der Waals surface area contributed by atoms with Gasteiger partial charge in [0, 0.05) is 8.95 Å². The number of rotatable bonds is 2. The lowest BCUT2D eigenvalue weighted by Gasteiger charge is -2.13. The van der Waals surface area contributed by atoms with Crippen molar-refractivity contribution in [2.75, 3.05) is 0 Å². The van der Waals surface area contributed by atoms with E-state index in [9.17, 15) is 0 Å². The molecule has 0 spiro atoms.